The zero-order valence-electron chi connectivity index (χ0n) is 14.7. The number of ketones is 1. The summed E-state index contributed by atoms with van der Waals surface area (Å²) in [5.41, 5.74) is 6.23. The third kappa shape index (κ3) is 4.17. The lowest BCUT2D eigenvalue weighted by molar-refractivity contribution is -0.143. The molecule has 4 nitrogen and oxygen atoms in total. The molecule has 1 aromatic carbocycles. The van der Waals surface area contributed by atoms with Gasteiger partial charge in [-0.1, -0.05) is 44.2 Å². The van der Waals surface area contributed by atoms with Crippen LogP contribution in [0.15, 0.2) is 30.3 Å². The molecule has 0 atom stereocenters. The van der Waals surface area contributed by atoms with Gasteiger partial charge in [-0.2, -0.15) is 0 Å². The van der Waals surface area contributed by atoms with Crippen molar-refractivity contribution in [1.82, 2.24) is 4.90 Å². The maximum Gasteiger partial charge on any atom is 0.230 e. The summed E-state index contributed by atoms with van der Waals surface area (Å²) in [5, 5.41) is 0. The highest BCUT2D eigenvalue weighted by Gasteiger charge is 2.38. The molecule has 0 aliphatic carbocycles. The normalized spacial score (nSPS) is 15.7. The topological polar surface area (TPSA) is 63.4 Å². The highest BCUT2D eigenvalue weighted by atomic mass is 35.5. The molecule has 1 aromatic rings. The number of carbonyl (C=O) groups is 2. The molecule has 1 saturated heterocycles. The summed E-state index contributed by atoms with van der Waals surface area (Å²) in [7, 11) is 0. The summed E-state index contributed by atoms with van der Waals surface area (Å²) in [6.07, 6.45) is 3.02. The van der Waals surface area contributed by atoms with E-state index in [1.165, 1.54) is 0 Å². The Kier molecular flexibility index (Phi) is 7.91. The summed E-state index contributed by atoms with van der Waals surface area (Å²) in [4.78, 5) is 27.3. The van der Waals surface area contributed by atoms with Gasteiger partial charge in [0.25, 0.3) is 0 Å². The number of rotatable bonds is 6. The molecule has 1 aliphatic heterocycles. The van der Waals surface area contributed by atoms with E-state index in [0.717, 1.165) is 31.2 Å². The van der Waals surface area contributed by atoms with Gasteiger partial charge in [0, 0.05) is 31.1 Å². The van der Waals surface area contributed by atoms with Gasteiger partial charge in [-0.15, -0.1) is 12.4 Å². The van der Waals surface area contributed by atoms with Crippen molar-refractivity contribution in [1.29, 1.82) is 0 Å². The van der Waals surface area contributed by atoms with E-state index >= 15 is 0 Å². The predicted octanol–water partition coefficient (Wildman–Crippen LogP) is 3.29. The fraction of sp³-hybridized carbons (Fsp3) is 0.579. The zero-order valence-corrected chi connectivity index (χ0v) is 15.5. The van der Waals surface area contributed by atoms with Gasteiger partial charge in [0.2, 0.25) is 5.91 Å². The van der Waals surface area contributed by atoms with Crippen molar-refractivity contribution in [3.05, 3.63) is 35.9 Å². The van der Waals surface area contributed by atoms with Gasteiger partial charge in [-0.05, 0) is 25.7 Å². The minimum Gasteiger partial charge on any atom is -0.342 e. The first kappa shape index (κ1) is 20.7. The Morgan fingerprint density at radius 3 is 2.12 bits per heavy atom. The minimum absolute atomic E-state index is 0. The molecule has 1 fully saturated rings. The van der Waals surface area contributed by atoms with E-state index < -0.39 is 5.41 Å². The van der Waals surface area contributed by atoms with E-state index in [1.54, 1.807) is 0 Å². The molecular weight excluding hydrogens is 324 g/mol. The first-order valence-electron chi connectivity index (χ1n) is 8.66. The molecule has 2 rings (SSSR count). The van der Waals surface area contributed by atoms with Crippen LogP contribution in [0.3, 0.4) is 0 Å². The van der Waals surface area contributed by atoms with Crippen LogP contribution in [0, 0.1) is 11.3 Å². The average molecular weight is 353 g/mol. The quantitative estimate of drug-likeness (QED) is 0.799. The Balaban J connectivity index is 0.00000288. The van der Waals surface area contributed by atoms with Gasteiger partial charge in [0.15, 0.2) is 5.78 Å². The van der Waals surface area contributed by atoms with Crippen LogP contribution in [-0.4, -0.2) is 36.2 Å². The summed E-state index contributed by atoms with van der Waals surface area (Å²) < 4.78 is 0. The SMILES string of the molecule is CCC(CC)(CN)C(=O)N1CCC(C(=O)c2ccccc2)CC1.Cl. The Morgan fingerprint density at radius 2 is 1.67 bits per heavy atom. The van der Waals surface area contributed by atoms with Crippen LogP contribution in [0.4, 0.5) is 0 Å². The van der Waals surface area contributed by atoms with E-state index in [4.69, 9.17) is 5.73 Å². The van der Waals surface area contributed by atoms with Crippen LogP contribution < -0.4 is 5.73 Å². The molecule has 24 heavy (non-hydrogen) atoms. The number of Topliss-reactive ketones (excluding diaryl/α,β-unsaturated/α-hetero) is 1. The number of carbonyl (C=O) groups excluding carboxylic acids is 2. The van der Waals surface area contributed by atoms with Crippen molar-refractivity contribution in [2.45, 2.75) is 39.5 Å². The minimum atomic E-state index is -0.434. The molecule has 0 spiro atoms. The van der Waals surface area contributed by atoms with E-state index in [0.29, 0.717) is 19.6 Å². The molecule has 2 N–H and O–H groups in total. The largest absolute Gasteiger partial charge is 0.342 e. The molecule has 0 bridgehead atoms. The first-order chi connectivity index (χ1) is 11.1. The number of amides is 1. The highest BCUT2D eigenvalue weighted by molar-refractivity contribution is 5.98. The number of nitrogens with zero attached hydrogens (tertiary/aromatic N) is 1. The van der Waals surface area contributed by atoms with Crippen molar-refractivity contribution >= 4 is 24.1 Å². The third-order valence-corrected chi connectivity index (χ3v) is 5.41. The molecule has 0 radical (unpaired) electrons. The lowest BCUT2D eigenvalue weighted by Crippen LogP contribution is -2.50. The summed E-state index contributed by atoms with van der Waals surface area (Å²) >= 11 is 0. The highest BCUT2D eigenvalue weighted by Crippen LogP contribution is 2.30. The predicted molar refractivity (Wildman–Crippen MR) is 99.4 cm³/mol. The second-order valence-corrected chi connectivity index (χ2v) is 6.49. The molecule has 0 saturated carbocycles. The maximum atomic E-state index is 12.8. The Hall–Kier alpha value is -1.39. The summed E-state index contributed by atoms with van der Waals surface area (Å²) in [6, 6.07) is 9.44. The smallest absolute Gasteiger partial charge is 0.230 e. The fourth-order valence-corrected chi connectivity index (χ4v) is 3.45. The van der Waals surface area contributed by atoms with Crippen LogP contribution in [0.5, 0.6) is 0 Å². The lowest BCUT2D eigenvalue weighted by Gasteiger charge is -2.38. The number of hydrogen-bond acceptors (Lipinski definition) is 3. The first-order valence-corrected chi connectivity index (χ1v) is 8.66. The monoisotopic (exact) mass is 352 g/mol. The number of halogens is 1. The molecular formula is C19H29ClN2O2. The Bertz CT molecular complexity index is 527. The number of hydrogen-bond donors (Lipinski definition) is 1. The number of piperidine rings is 1. The number of benzene rings is 1. The van der Waals surface area contributed by atoms with Gasteiger partial charge >= 0.3 is 0 Å². The van der Waals surface area contributed by atoms with Crippen molar-refractivity contribution in [3.63, 3.8) is 0 Å². The number of likely N-dealkylation sites (tertiary alicyclic amines) is 1. The fourth-order valence-electron chi connectivity index (χ4n) is 3.45. The molecule has 134 valence electrons. The lowest BCUT2D eigenvalue weighted by atomic mass is 9.80. The second-order valence-electron chi connectivity index (χ2n) is 6.49. The van der Waals surface area contributed by atoms with Crippen LogP contribution in [0.2, 0.25) is 0 Å². The molecule has 1 aliphatic rings. The van der Waals surface area contributed by atoms with Gasteiger partial charge in [-0.3, -0.25) is 9.59 Å². The Labute approximate surface area is 151 Å². The molecule has 1 heterocycles. The van der Waals surface area contributed by atoms with Gasteiger partial charge in [-0.25, -0.2) is 0 Å². The zero-order chi connectivity index (χ0) is 16.9. The van der Waals surface area contributed by atoms with Crippen molar-refractivity contribution in [2.24, 2.45) is 17.1 Å². The summed E-state index contributed by atoms with van der Waals surface area (Å²) in [6.45, 7) is 5.76. The van der Waals surface area contributed by atoms with Crippen LogP contribution in [-0.2, 0) is 4.79 Å². The van der Waals surface area contributed by atoms with Crippen LogP contribution in [0.1, 0.15) is 49.9 Å². The van der Waals surface area contributed by atoms with E-state index in [1.807, 2.05) is 49.1 Å². The van der Waals surface area contributed by atoms with E-state index in [-0.39, 0.29) is 30.0 Å². The van der Waals surface area contributed by atoms with Crippen LogP contribution in [0.25, 0.3) is 0 Å². The standard InChI is InChI=1S/C19H28N2O2.ClH/c1-3-19(4-2,14-20)18(23)21-12-10-16(11-13-21)17(22)15-8-6-5-7-9-15;/h5-9,16H,3-4,10-14,20H2,1-2H3;1H. The maximum absolute atomic E-state index is 12.8. The second kappa shape index (κ2) is 9.19. The molecule has 0 unspecified atom stereocenters. The van der Waals surface area contributed by atoms with Crippen molar-refractivity contribution in [3.8, 4) is 0 Å². The average Bonchev–Trinajstić information content (AvgIpc) is 2.64. The Morgan fingerprint density at radius 1 is 1.12 bits per heavy atom. The van der Waals surface area contributed by atoms with Gasteiger partial charge < -0.3 is 10.6 Å². The van der Waals surface area contributed by atoms with E-state index in [2.05, 4.69) is 0 Å². The van der Waals surface area contributed by atoms with Gasteiger partial charge in [0.1, 0.15) is 0 Å². The summed E-state index contributed by atoms with van der Waals surface area (Å²) in [5.74, 6) is 0.390. The van der Waals surface area contributed by atoms with E-state index in [9.17, 15) is 9.59 Å². The molecule has 0 aromatic heterocycles. The van der Waals surface area contributed by atoms with Crippen molar-refractivity contribution < 1.29 is 9.59 Å². The molecule has 1 amide bonds. The molecule has 5 heteroatoms. The number of nitrogens with two attached hydrogens (primary N) is 1. The third-order valence-electron chi connectivity index (χ3n) is 5.41. The van der Waals surface area contributed by atoms with Crippen LogP contribution >= 0.6 is 12.4 Å². The van der Waals surface area contributed by atoms with Crippen molar-refractivity contribution in [2.75, 3.05) is 19.6 Å². The van der Waals surface area contributed by atoms with Gasteiger partial charge in [0.05, 0.1) is 5.41 Å².